The van der Waals surface area contributed by atoms with Gasteiger partial charge in [0.25, 0.3) is 0 Å². The molecule has 0 atom stereocenters. The number of thioether (sulfide) groups is 1. The van der Waals surface area contributed by atoms with Crippen molar-refractivity contribution in [3.8, 4) is 11.5 Å². The van der Waals surface area contributed by atoms with E-state index < -0.39 is 0 Å². The molecule has 0 aliphatic rings. The first-order valence-electron chi connectivity index (χ1n) is 8.94. The molecule has 148 valence electrons. The molecule has 1 amide bonds. The number of aromatic amines is 1. The van der Waals surface area contributed by atoms with E-state index >= 15 is 0 Å². The molecule has 1 aromatic carbocycles. The molecule has 0 saturated carbocycles. The molecular weight excluding hydrogens is 396 g/mol. The maximum Gasteiger partial charge on any atom is 0.234 e. The molecule has 0 aliphatic carbocycles. The summed E-state index contributed by atoms with van der Waals surface area (Å²) in [5.74, 6) is 2.14. The van der Waals surface area contributed by atoms with Crippen molar-refractivity contribution < 1.29 is 14.3 Å². The van der Waals surface area contributed by atoms with E-state index in [4.69, 9.17) is 9.47 Å². The fourth-order valence-corrected chi connectivity index (χ4v) is 3.78. The number of aromatic nitrogens is 3. The van der Waals surface area contributed by atoms with E-state index in [1.165, 1.54) is 16.6 Å². The number of anilines is 1. The molecule has 0 saturated heterocycles. The Morgan fingerprint density at radius 3 is 2.79 bits per heavy atom. The van der Waals surface area contributed by atoms with Crippen LogP contribution in [0.2, 0.25) is 0 Å². The van der Waals surface area contributed by atoms with Crippen molar-refractivity contribution in [3.05, 3.63) is 46.4 Å². The number of carbonyl (C=O) groups is 1. The van der Waals surface area contributed by atoms with Crippen molar-refractivity contribution in [2.24, 2.45) is 0 Å². The average molecular weight is 419 g/mol. The molecular formula is C19H22N4O3S2. The summed E-state index contributed by atoms with van der Waals surface area (Å²) < 4.78 is 11.1. The smallest absolute Gasteiger partial charge is 0.234 e. The minimum atomic E-state index is -0.138. The summed E-state index contributed by atoms with van der Waals surface area (Å²) >= 11 is 2.97. The predicted octanol–water partition coefficient (Wildman–Crippen LogP) is 3.99. The summed E-state index contributed by atoms with van der Waals surface area (Å²) in [6, 6.07) is 9.42. The highest BCUT2D eigenvalue weighted by molar-refractivity contribution is 7.99. The summed E-state index contributed by atoms with van der Waals surface area (Å²) in [4.78, 5) is 17.9. The van der Waals surface area contributed by atoms with Crippen molar-refractivity contribution in [1.29, 1.82) is 0 Å². The van der Waals surface area contributed by atoms with Crippen LogP contribution in [0.3, 0.4) is 0 Å². The zero-order chi connectivity index (χ0) is 19.8. The lowest BCUT2D eigenvalue weighted by Gasteiger charge is -2.12. The van der Waals surface area contributed by atoms with Gasteiger partial charge in [-0.05, 0) is 37.4 Å². The Morgan fingerprint density at radius 2 is 2.04 bits per heavy atom. The van der Waals surface area contributed by atoms with Crippen LogP contribution in [0, 0.1) is 0 Å². The number of thiophene rings is 1. The van der Waals surface area contributed by atoms with Crippen LogP contribution in [0.15, 0.2) is 40.9 Å². The number of benzene rings is 1. The zero-order valence-corrected chi connectivity index (χ0v) is 17.4. The second kappa shape index (κ2) is 10.1. The number of H-pyrrole nitrogens is 1. The normalized spacial score (nSPS) is 10.6. The lowest BCUT2D eigenvalue weighted by Crippen LogP contribution is -2.14. The van der Waals surface area contributed by atoms with Crippen LogP contribution in [0.4, 0.5) is 5.69 Å². The Hall–Kier alpha value is -2.52. The molecule has 0 unspecified atom stereocenters. The molecule has 28 heavy (non-hydrogen) atoms. The molecule has 2 N–H and O–H groups in total. The Labute approximate surface area is 171 Å². The molecule has 0 aliphatic heterocycles. The Balaban J connectivity index is 1.53. The van der Waals surface area contributed by atoms with Gasteiger partial charge in [0.2, 0.25) is 11.1 Å². The molecule has 9 heteroatoms. The molecule has 0 radical (unpaired) electrons. The first-order chi connectivity index (χ1) is 13.7. The van der Waals surface area contributed by atoms with E-state index in [0.29, 0.717) is 42.0 Å². The van der Waals surface area contributed by atoms with Crippen LogP contribution in [-0.2, 0) is 11.2 Å². The fourth-order valence-electron chi connectivity index (χ4n) is 2.46. The second-order valence-corrected chi connectivity index (χ2v) is 7.66. The van der Waals surface area contributed by atoms with Gasteiger partial charge < -0.3 is 14.8 Å². The van der Waals surface area contributed by atoms with Gasteiger partial charge >= 0.3 is 0 Å². The second-order valence-electron chi connectivity index (χ2n) is 5.69. The lowest BCUT2D eigenvalue weighted by molar-refractivity contribution is -0.113. The number of ether oxygens (including phenoxy) is 2. The van der Waals surface area contributed by atoms with Gasteiger partial charge in [0, 0.05) is 23.1 Å². The van der Waals surface area contributed by atoms with Crippen molar-refractivity contribution >= 4 is 34.7 Å². The Kier molecular flexibility index (Phi) is 7.32. The molecule has 0 fully saturated rings. The van der Waals surface area contributed by atoms with Gasteiger partial charge in [0.15, 0.2) is 11.5 Å². The van der Waals surface area contributed by atoms with E-state index in [1.54, 1.807) is 29.5 Å². The van der Waals surface area contributed by atoms with E-state index in [0.717, 1.165) is 5.82 Å². The lowest BCUT2D eigenvalue weighted by atomic mass is 10.2. The standard InChI is InChI=1S/C19H22N4O3S2/c1-3-25-15-8-7-13(10-16(15)26-4-2)20-18(24)12-28-19-21-17(22-23-19)11-14-6-5-9-27-14/h5-10H,3-4,11-12H2,1-2H3,(H,20,24)(H,21,22,23). The van der Waals surface area contributed by atoms with Crippen molar-refractivity contribution in [2.45, 2.75) is 25.4 Å². The minimum Gasteiger partial charge on any atom is -0.490 e. The highest BCUT2D eigenvalue weighted by Crippen LogP contribution is 2.30. The monoisotopic (exact) mass is 418 g/mol. The largest absolute Gasteiger partial charge is 0.490 e. The van der Waals surface area contributed by atoms with E-state index in [2.05, 4.69) is 26.6 Å². The van der Waals surface area contributed by atoms with Crippen molar-refractivity contribution in [3.63, 3.8) is 0 Å². The third-order valence-electron chi connectivity index (χ3n) is 3.59. The van der Waals surface area contributed by atoms with E-state index in [1.807, 2.05) is 25.3 Å². The number of hydrogen-bond donors (Lipinski definition) is 2. The number of nitrogens with zero attached hydrogens (tertiary/aromatic N) is 2. The minimum absolute atomic E-state index is 0.138. The van der Waals surface area contributed by atoms with Crippen LogP contribution >= 0.6 is 23.1 Å². The van der Waals surface area contributed by atoms with Crippen molar-refractivity contribution in [2.75, 3.05) is 24.3 Å². The summed E-state index contributed by atoms with van der Waals surface area (Å²) in [6.45, 7) is 4.89. The molecule has 7 nitrogen and oxygen atoms in total. The van der Waals surface area contributed by atoms with E-state index in [-0.39, 0.29) is 11.7 Å². The zero-order valence-electron chi connectivity index (χ0n) is 15.7. The number of amides is 1. The molecule has 2 aromatic heterocycles. The SMILES string of the molecule is CCOc1ccc(NC(=O)CSc2n[nH]c(Cc3cccs3)n2)cc1OCC. The highest BCUT2D eigenvalue weighted by atomic mass is 32.2. The van der Waals surface area contributed by atoms with Gasteiger partial charge in [0.05, 0.1) is 19.0 Å². The summed E-state index contributed by atoms with van der Waals surface area (Å²) in [5, 5.41) is 12.5. The van der Waals surface area contributed by atoms with Crippen LogP contribution in [0.1, 0.15) is 24.5 Å². The fraction of sp³-hybridized carbons (Fsp3) is 0.316. The molecule has 0 bridgehead atoms. The van der Waals surface area contributed by atoms with Crippen molar-refractivity contribution in [1.82, 2.24) is 15.2 Å². The van der Waals surface area contributed by atoms with Gasteiger partial charge in [-0.25, -0.2) is 4.98 Å². The molecule has 3 aromatic rings. The van der Waals surface area contributed by atoms with Gasteiger partial charge in [-0.3, -0.25) is 9.89 Å². The number of carbonyl (C=O) groups excluding carboxylic acids is 1. The third kappa shape index (κ3) is 5.74. The summed E-state index contributed by atoms with van der Waals surface area (Å²) in [6.07, 6.45) is 0.712. The third-order valence-corrected chi connectivity index (χ3v) is 5.32. The Bertz CT molecular complexity index is 896. The first-order valence-corrected chi connectivity index (χ1v) is 10.8. The number of nitrogens with one attached hydrogen (secondary N) is 2. The number of rotatable bonds is 10. The van der Waals surface area contributed by atoms with Gasteiger partial charge in [0.1, 0.15) is 5.82 Å². The molecule has 0 spiro atoms. The maximum atomic E-state index is 12.3. The summed E-state index contributed by atoms with van der Waals surface area (Å²) in [5.41, 5.74) is 0.658. The van der Waals surface area contributed by atoms with Crippen LogP contribution in [0.5, 0.6) is 11.5 Å². The first kappa shape index (κ1) is 20.2. The quantitative estimate of drug-likeness (QED) is 0.484. The van der Waals surface area contributed by atoms with Crippen LogP contribution in [0.25, 0.3) is 0 Å². The average Bonchev–Trinajstić information content (AvgIpc) is 3.35. The predicted molar refractivity (Wildman–Crippen MR) is 112 cm³/mol. The highest BCUT2D eigenvalue weighted by Gasteiger charge is 2.11. The van der Waals surface area contributed by atoms with Crippen LogP contribution < -0.4 is 14.8 Å². The molecule has 2 heterocycles. The summed E-state index contributed by atoms with van der Waals surface area (Å²) in [7, 11) is 0. The van der Waals surface area contributed by atoms with Gasteiger partial charge in [-0.2, -0.15) is 0 Å². The number of hydrogen-bond acceptors (Lipinski definition) is 7. The van der Waals surface area contributed by atoms with E-state index in [9.17, 15) is 4.79 Å². The van der Waals surface area contributed by atoms with Gasteiger partial charge in [-0.1, -0.05) is 17.8 Å². The topological polar surface area (TPSA) is 89.1 Å². The molecule has 3 rings (SSSR count). The maximum absolute atomic E-state index is 12.3. The van der Waals surface area contributed by atoms with Gasteiger partial charge in [-0.15, -0.1) is 16.4 Å². The Morgan fingerprint density at radius 1 is 1.21 bits per heavy atom. The van der Waals surface area contributed by atoms with Crippen LogP contribution in [-0.4, -0.2) is 40.1 Å².